The van der Waals surface area contributed by atoms with Crippen LogP contribution in [-0.4, -0.2) is 29.6 Å². The maximum absolute atomic E-state index is 10.00. The van der Waals surface area contributed by atoms with Gasteiger partial charge in [-0.15, -0.1) is 0 Å². The molecule has 0 aliphatic heterocycles. The summed E-state index contributed by atoms with van der Waals surface area (Å²) in [6.45, 7) is 7.24. The second-order valence-electron chi connectivity index (χ2n) is 3.89. The summed E-state index contributed by atoms with van der Waals surface area (Å²) in [5.74, 6) is 0. The molecule has 0 amide bonds. The molecule has 16 heavy (non-hydrogen) atoms. The van der Waals surface area contributed by atoms with Crippen LogP contribution in [0.3, 0.4) is 0 Å². The van der Waals surface area contributed by atoms with Gasteiger partial charge in [0.05, 0.1) is 6.10 Å². The third-order valence-corrected chi connectivity index (χ3v) is 3.08. The number of aliphatic hydroxyl groups excluding tert-OH is 1. The summed E-state index contributed by atoms with van der Waals surface area (Å²) in [5.41, 5.74) is 0.902. The molecular formula is C13H20ClNO. The molecule has 1 aromatic rings. The van der Waals surface area contributed by atoms with E-state index in [1.807, 2.05) is 24.3 Å². The quantitative estimate of drug-likeness (QED) is 0.827. The average molecular weight is 242 g/mol. The van der Waals surface area contributed by atoms with E-state index >= 15 is 0 Å². The van der Waals surface area contributed by atoms with E-state index in [1.165, 1.54) is 0 Å². The smallest absolute Gasteiger partial charge is 0.0802 e. The molecule has 0 aliphatic rings. The molecule has 0 heterocycles. The Morgan fingerprint density at radius 1 is 1.31 bits per heavy atom. The average Bonchev–Trinajstić information content (AvgIpc) is 2.30. The van der Waals surface area contributed by atoms with Crippen molar-refractivity contribution >= 4 is 11.6 Å². The zero-order valence-corrected chi connectivity index (χ0v) is 10.7. The predicted molar refractivity (Wildman–Crippen MR) is 68.8 cm³/mol. The summed E-state index contributed by atoms with van der Waals surface area (Å²) in [4.78, 5) is 2.30. The van der Waals surface area contributed by atoms with Gasteiger partial charge < -0.3 is 10.0 Å². The van der Waals surface area contributed by atoms with Gasteiger partial charge in [0.25, 0.3) is 0 Å². The summed E-state index contributed by atoms with van der Waals surface area (Å²) < 4.78 is 0. The molecule has 1 rings (SSSR count). The molecule has 0 bridgehead atoms. The van der Waals surface area contributed by atoms with Crippen LogP contribution in [0.15, 0.2) is 24.3 Å². The molecule has 1 atom stereocenters. The van der Waals surface area contributed by atoms with Gasteiger partial charge in [-0.05, 0) is 37.2 Å². The Morgan fingerprint density at radius 2 is 2.00 bits per heavy atom. The van der Waals surface area contributed by atoms with Crippen molar-refractivity contribution in [3.63, 3.8) is 0 Å². The van der Waals surface area contributed by atoms with Gasteiger partial charge in [-0.2, -0.15) is 0 Å². The lowest BCUT2D eigenvalue weighted by molar-refractivity contribution is 0.145. The van der Waals surface area contributed by atoms with Crippen molar-refractivity contribution in [2.75, 3.05) is 19.6 Å². The standard InChI is InChI=1S/C13H20ClNO/c1-3-15(4-2)9-8-13(16)11-6-5-7-12(14)10-11/h5-7,10,13,16H,3-4,8-9H2,1-2H3. The Bertz CT molecular complexity index is 313. The molecule has 0 saturated carbocycles. The predicted octanol–water partition coefficient (Wildman–Crippen LogP) is 3.11. The molecule has 0 aromatic heterocycles. The third-order valence-electron chi connectivity index (χ3n) is 2.85. The summed E-state index contributed by atoms with van der Waals surface area (Å²) in [5, 5.41) is 10.7. The lowest BCUT2D eigenvalue weighted by atomic mass is 10.1. The highest BCUT2D eigenvalue weighted by Gasteiger charge is 2.09. The molecule has 1 unspecified atom stereocenters. The first-order chi connectivity index (χ1) is 7.67. The van der Waals surface area contributed by atoms with Gasteiger partial charge in [-0.1, -0.05) is 37.6 Å². The van der Waals surface area contributed by atoms with Gasteiger partial charge in [0.1, 0.15) is 0 Å². The highest BCUT2D eigenvalue weighted by atomic mass is 35.5. The number of nitrogens with zero attached hydrogens (tertiary/aromatic N) is 1. The van der Waals surface area contributed by atoms with Crippen LogP contribution in [0.5, 0.6) is 0 Å². The Hall–Kier alpha value is -0.570. The van der Waals surface area contributed by atoms with Gasteiger partial charge in [-0.25, -0.2) is 0 Å². The molecule has 90 valence electrons. The largest absolute Gasteiger partial charge is 0.388 e. The molecule has 1 N–H and O–H groups in total. The van der Waals surface area contributed by atoms with E-state index in [4.69, 9.17) is 11.6 Å². The zero-order chi connectivity index (χ0) is 12.0. The summed E-state index contributed by atoms with van der Waals surface area (Å²) in [6, 6.07) is 7.44. The first-order valence-electron chi connectivity index (χ1n) is 5.83. The second kappa shape index (κ2) is 6.89. The third kappa shape index (κ3) is 4.12. The maximum atomic E-state index is 10.00. The van der Waals surface area contributed by atoms with Crippen molar-refractivity contribution < 1.29 is 5.11 Å². The van der Waals surface area contributed by atoms with Gasteiger partial charge in [0.2, 0.25) is 0 Å². The van der Waals surface area contributed by atoms with Crippen LogP contribution < -0.4 is 0 Å². The van der Waals surface area contributed by atoms with E-state index in [0.29, 0.717) is 5.02 Å². The van der Waals surface area contributed by atoms with Crippen molar-refractivity contribution in [3.05, 3.63) is 34.9 Å². The lowest BCUT2D eigenvalue weighted by Crippen LogP contribution is -2.25. The Kier molecular flexibility index (Phi) is 5.81. The number of hydrogen-bond acceptors (Lipinski definition) is 2. The topological polar surface area (TPSA) is 23.5 Å². The number of halogens is 1. The molecule has 3 heteroatoms. The van der Waals surface area contributed by atoms with Gasteiger partial charge in [0, 0.05) is 11.6 Å². The number of hydrogen-bond donors (Lipinski definition) is 1. The van der Waals surface area contributed by atoms with Crippen LogP contribution in [0.1, 0.15) is 31.9 Å². The highest BCUT2D eigenvalue weighted by molar-refractivity contribution is 6.30. The van der Waals surface area contributed by atoms with E-state index < -0.39 is 6.10 Å². The molecular weight excluding hydrogens is 222 g/mol. The van der Waals surface area contributed by atoms with Crippen LogP contribution in [0.4, 0.5) is 0 Å². The Balaban J connectivity index is 2.49. The molecule has 0 saturated heterocycles. The van der Waals surface area contributed by atoms with Gasteiger partial charge in [0.15, 0.2) is 0 Å². The summed E-state index contributed by atoms with van der Waals surface area (Å²) in [6.07, 6.45) is 0.335. The monoisotopic (exact) mass is 241 g/mol. The summed E-state index contributed by atoms with van der Waals surface area (Å²) >= 11 is 5.88. The van der Waals surface area contributed by atoms with Crippen LogP contribution in [0.2, 0.25) is 5.02 Å². The van der Waals surface area contributed by atoms with E-state index in [-0.39, 0.29) is 0 Å². The van der Waals surface area contributed by atoms with Crippen molar-refractivity contribution in [1.29, 1.82) is 0 Å². The van der Waals surface area contributed by atoms with E-state index in [1.54, 1.807) is 0 Å². The Labute approximate surface area is 103 Å². The first-order valence-corrected chi connectivity index (χ1v) is 6.21. The molecule has 2 nitrogen and oxygen atoms in total. The molecule has 0 spiro atoms. The second-order valence-corrected chi connectivity index (χ2v) is 4.32. The lowest BCUT2D eigenvalue weighted by Gasteiger charge is -2.20. The highest BCUT2D eigenvalue weighted by Crippen LogP contribution is 2.20. The van der Waals surface area contributed by atoms with Crippen LogP contribution in [-0.2, 0) is 0 Å². The minimum absolute atomic E-state index is 0.417. The Morgan fingerprint density at radius 3 is 2.56 bits per heavy atom. The zero-order valence-electron chi connectivity index (χ0n) is 9.99. The van der Waals surface area contributed by atoms with Crippen molar-refractivity contribution in [2.45, 2.75) is 26.4 Å². The van der Waals surface area contributed by atoms with Crippen LogP contribution in [0, 0.1) is 0 Å². The van der Waals surface area contributed by atoms with Crippen molar-refractivity contribution in [3.8, 4) is 0 Å². The van der Waals surface area contributed by atoms with Crippen molar-refractivity contribution in [2.24, 2.45) is 0 Å². The normalized spacial score (nSPS) is 13.1. The number of rotatable bonds is 6. The number of aliphatic hydroxyl groups is 1. The maximum Gasteiger partial charge on any atom is 0.0802 e. The fourth-order valence-electron chi connectivity index (χ4n) is 1.73. The molecule has 0 radical (unpaired) electrons. The van der Waals surface area contributed by atoms with E-state index in [0.717, 1.165) is 31.6 Å². The minimum Gasteiger partial charge on any atom is -0.388 e. The number of benzene rings is 1. The molecule has 0 aliphatic carbocycles. The van der Waals surface area contributed by atoms with E-state index in [2.05, 4.69) is 18.7 Å². The summed E-state index contributed by atoms with van der Waals surface area (Å²) in [7, 11) is 0. The minimum atomic E-state index is -0.417. The van der Waals surface area contributed by atoms with Gasteiger partial charge in [-0.3, -0.25) is 0 Å². The molecule has 0 fully saturated rings. The SMILES string of the molecule is CCN(CC)CCC(O)c1cccc(Cl)c1. The fourth-order valence-corrected chi connectivity index (χ4v) is 1.92. The van der Waals surface area contributed by atoms with Crippen LogP contribution in [0.25, 0.3) is 0 Å². The molecule has 1 aromatic carbocycles. The van der Waals surface area contributed by atoms with E-state index in [9.17, 15) is 5.11 Å². The first kappa shape index (κ1) is 13.5. The van der Waals surface area contributed by atoms with Gasteiger partial charge >= 0.3 is 0 Å². The fraction of sp³-hybridized carbons (Fsp3) is 0.538. The van der Waals surface area contributed by atoms with Crippen molar-refractivity contribution in [1.82, 2.24) is 4.90 Å². The van der Waals surface area contributed by atoms with Crippen LogP contribution >= 0.6 is 11.6 Å².